The highest BCUT2D eigenvalue weighted by molar-refractivity contribution is 14.0. The van der Waals surface area contributed by atoms with Crippen molar-refractivity contribution in [2.24, 2.45) is 4.99 Å². The van der Waals surface area contributed by atoms with Gasteiger partial charge >= 0.3 is 0 Å². The molecule has 0 radical (unpaired) electrons. The number of para-hydroxylation sites is 1. The maximum Gasteiger partial charge on any atom is 0.227 e. The minimum atomic E-state index is 0. The number of benzene rings is 2. The van der Waals surface area contributed by atoms with E-state index >= 15 is 0 Å². The van der Waals surface area contributed by atoms with Gasteiger partial charge in [0.25, 0.3) is 0 Å². The van der Waals surface area contributed by atoms with Crippen LogP contribution in [0.3, 0.4) is 0 Å². The lowest BCUT2D eigenvalue weighted by Gasteiger charge is -2.37. The standard InChI is InChI=1S/C25H33N5O2.HI/c1-26-25(29-17-15-28(16-18-29)21-8-5-9-22(19-21)32-2)27-13-6-11-24(31)30-14-12-20-7-3-4-10-23(20)30;/h3-5,7-10,19H,6,11-18H2,1-2H3,(H,26,27);1H. The SMILES string of the molecule is CN=C(NCCCC(=O)N1CCc2ccccc21)N1CCN(c2cccc(OC)c2)CC1.I. The Hall–Kier alpha value is -2.49. The predicted molar refractivity (Wildman–Crippen MR) is 145 cm³/mol. The van der Waals surface area contributed by atoms with E-state index in [0.29, 0.717) is 6.42 Å². The summed E-state index contributed by atoms with van der Waals surface area (Å²) in [5.74, 6) is 2.00. The summed E-state index contributed by atoms with van der Waals surface area (Å²) in [5, 5.41) is 3.44. The Morgan fingerprint density at radius 1 is 1.06 bits per heavy atom. The molecule has 8 heteroatoms. The van der Waals surface area contributed by atoms with Gasteiger partial charge in [-0.15, -0.1) is 24.0 Å². The number of ether oxygens (including phenoxy) is 1. The van der Waals surface area contributed by atoms with E-state index in [2.05, 4.69) is 38.3 Å². The molecule has 7 nitrogen and oxygen atoms in total. The van der Waals surface area contributed by atoms with Crippen LogP contribution in [0.25, 0.3) is 0 Å². The zero-order valence-electron chi connectivity index (χ0n) is 19.5. The van der Waals surface area contributed by atoms with Crippen LogP contribution in [0.4, 0.5) is 11.4 Å². The molecule has 0 aliphatic carbocycles. The first-order valence-electron chi connectivity index (χ1n) is 11.4. The minimum Gasteiger partial charge on any atom is -0.497 e. The summed E-state index contributed by atoms with van der Waals surface area (Å²) in [4.78, 5) is 23.7. The fraction of sp³-hybridized carbons (Fsp3) is 0.440. The van der Waals surface area contributed by atoms with Gasteiger partial charge in [0.1, 0.15) is 5.75 Å². The zero-order valence-corrected chi connectivity index (χ0v) is 21.8. The van der Waals surface area contributed by atoms with Crippen LogP contribution >= 0.6 is 24.0 Å². The fourth-order valence-electron chi connectivity index (χ4n) is 4.49. The number of nitrogens with zero attached hydrogens (tertiary/aromatic N) is 4. The summed E-state index contributed by atoms with van der Waals surface area (Å²) in [6, 6.07) is 16.4. The third-order valence-corrected chi connectivity index (χ3v) is 6.25. The molecule has 2 aliphatic heterocycles. The molecule has 0 saturated carbocycles. The number of nitrogens with one attached hydrogen (secondary N) is 1. The van der Waals surface area contributed by atoms with Gasteiger partial charge in [-0.05, 0) is 36.6 Å². The Morgan fingerprint density at radius 3 is 2.61 bits per heavy atom. The molecule has 0 aromatic heterocycles. The van der Waals surface area contributed by atoms with Crippen LogP contribution in [-0.4, -0.2) is 70.2 Å². The van der Waals surface area contributed by atoms with Crippen LogP contribution in [0, 0.1) is 0 Å². The van der Waals surface area contributed by atoms with Gasteiger partial charge in [-0.1, -0.05) is 24.3 Å². The first kappa shape index (κ1) is 25.1. The lowest BCUT2D eigenvalue weighted by molar-refractivity contribution is -0.118. The smallest absolute Gasteiger partial charge is 0.227 e. The number of carbonyl (C=O) groups excluding carboxylic acids is 1. The monoisotopic (exact) mass is 563 g/mol. The van der Waals surface area contributed by atoms with E-state index < -0.39 is 0 Å². The number of carbonyl (C=O) groups is 1. The zero-order chi connectivity index (χ0) is 22.3. The van der Waals surface area contributed by atoms with E-state index in [1.54, 1.807) is 7.11 Å². The van der Waals surface area contributed by atoms with E-state index in [9.17, 15) is 4.79 Å². The highest BCUT2D eigenvalue weighted by Crippen LogP contribution is 2.28. The van der Waals surface area contributed by atoms with Crippen molar-refractivity contribution in [3.05, 3.63) is 54.1 Å². The normalized spacial score (nSPS) is 15.7. The number of hydrogen-bond acceptors (Lipinski definition) is 4. The van der Waals surface area contributed by atoms with E-state index in [0.717, 1.165) is 69.5 Å². The largest absolute Gasteiger partial charge is 0.497 e. The van der Waals surface area contributed by atoms with Crippen molar-refractivity contribution in [3.63, 3.8) is 0 Å². The minimum absolute atomic E-state index is 0. The molecule has 0 unspecified atom stereocenters. The molecule has 1 fully saturated rings. The number of amides is 1. The maximum atomic E-state index is 12.7. The summed E-state index contributed by atoms with van der Waals surface area (Å²) in [7, 11) is 3.52. The van der Waals surface area contributed by atoms with Gasteiger partial charge in [-0.2, -0.15) is 0 Å². The number of anilines is 2. The average Bonchev–Trinajstić information content (AvgIpc) is 3.28. The molecule has 33 heavy (non-hydrogen) atoms. The summed E-state index contributed by atoms with van der Waals surface area (Å²) in [5.41, 5.74) is 3.54. The number of piperazine rings is 1. The van der Waals surface area contributed by atoms with Crippen molar-refractivity contribution >= 4 is 47.2 Å². The lowest BCUT2D eigenvalue weighted by Crippen LogP contribution is -2.52. The summed E-state index contributed by atoms with van der Waals surface area (Å²) < 4.78 is 5.35. The van der Waals surface area contributed by atoms with Crippen molar-refractivity contribution in [3.8, 4) is 5.75 Å². The summed E-state index contributed by atoms with van der Waals surface area (Å²) in [6.45, 7) is 5.21. The average molecular weight is 563 g/mol. The number of fused-ring (bicyclic) bond motifs is 1. The molecule has 1 amide bonds. The van der Waals surface area contributed by atoms with Crippen LogP contribution < -0.4 is 19.9 Å². The predicted octanol–water partition coefficient (Wildman–Crippen LogP) is 3.38. The van der Waals surface area contributed by atoms with Crippen molar-refractivity contribution in [1.82, 2.24) is 10.2 Å². The summed E-state index contributed by atoms with van der Waals surface area (Å²) >= 11 is 0. The second kappa shape index (κ2) is 12.1. The molecular weight excluding hydrogens is 529 g/mol. The molecule has 0 atom stereocenters. The molecule has 2 heterocycles. The quantitative estimate of drug-likeness (QED) is 0.253. The van der Waals surface area contributed by atoms with Crippen molar-refractivity contribution < 1.29 is 9.53 Å². The maximum absolute atomic E-state index is 12.7. The molecule has 4 rings (SSSR count). The van der Waals surface area contributed by atoms with Crippen LogP contribution in [0.2, 0.25) is 0 Å². The third-order valence-electron chi connectivity index (χ3n) is 6.25. The van der Waals surface area contributed by atoms with Gasteiger partial charge in [0.2, 0.25) is 5.91 Å². The lowest BCUT2D eigenvalue weighted by atomic mass is 10.2. The Labute approximate surface area is 213 Å². The van der Waals surface area contributed by atoms with Crippen LogP contribution in [0.5, 0.6) is 5.75 Å². The highest BCUT2D eigenvalue weighted by atomic mass is 127. The summed E-state index contributed by atoms with van der Waals surface area (Å²) in [6.07, 6.45) is 2.29. The third kappa shape index (κ3) is 6.10. The van der Waals surface area contributed by atoms with E-state index in [1.165, 1.54) is 11.3 Å². The van der Waals surface area contributed by atoms with Crippen molar-refractivity contribution in [1.29, 1.82) is 0 Å². The first-order chi connectivity index (χ1) is 15.7. The Morgan fingerprint density at radius 2 is 1.85 bits per heavy atom. The van der Waals surface area contributed by atoms with Crippen LogP contribution in [0.15, 0.2) is 53.5 Å². The fourth-order valence-corrected chi connectivity index (χ4v) is 4.49. The van der Waals surface area contributed by atoms with Gasteiger partial charge in [0.15, 0.2) is 5.96 Å². The van der Waals surface area contributed by atoms with Gasteiger partial charge in [-0.25, -0.2) is 0 Å². The molecule has 178 valence electrons. The Balaban J connectivity index is 0.00000306. The van der Waals surface area contributed by atoms with Gasteiger partial charge in [0, 0.05) is 70.2 Å². The Bertz CT molecular complexity index is 959. The second-order valence-electron chi connectivity index (χ2n) is 8.18. The van der Waals surface area contributed by atoms with Crippen molar-refractivity contribution in [2.75, 3.05) is 63.2 Å². The number of methoxy groups -OCH3 is 1. The molecule has 2 aromatic carbocycles. The van der Waals surface area contributed by atoms with Gasteiger partial charge in [-0.3, -0.25) is 9.79 Å². The molecule has 0 spiro atoms. The molecule has 1 saturated heterocycles. The number of hydrogen-bond donors (Lipinski definition) is 1. The number of aliphatic imine (C=N–C) groups is 1. The highest BCUT2D eigenvalue weighted by Gasteiger charge is 2.24. The molecule has 0 bridgehead atoms. The number of halogens is 1. The Kier molecular flexibility index (Phi) is 9.22. The molecule has 2 aromatic rings. The van der Waals surface area contributed by atoms with Gasteiger partial charge < -0.3 is 24.8 Å². The van der Waals surface area contributed by atoms with Crippen molar-refractivity contribution in [2.45, 2.75) is 19.3 Å². The second-order valence-corrected chi connectivity index (χ2v) is 8.18. The number of guanidine groups is 1. The van der Waals surface area contributed by atoms with E-state index in [-0.39, 0.29) is 29.9 Å². The van der Waals surface area contributed by atoms with E-state index in [4.69, 9.17) is 4.74 Å². The molecule has 2 aliphatic rings. The topological polar surface area (TPSA) is 60.4 Å². The van der Waals surface area contributed by atoms with Crippen LogP contribution in [0.1, 0.15) is 18.4 Å². The van der Waals surface area contributed by atoms with Gasteiger partial charge in [0.05, 0.1) is 7.11 Å². The molecular formula is C25H34IN5O2. The van der Waals surface area contributed by atoms with Crippen LogP contribution in [-0.2, 0) is 11.2 Å². The molecule has 1 N–H and O–H groups in total. The first-order valence-corrected chi connectivity index (χ1v) is 11.4. The van der Waals surface area contributed by atoms with E-state index in [1.807, 2.05) is 42.3 Å². The number of rotatable bonds is 6.